The van der Waals surface area contributed by atoms with Crippen molar-refractivity contribution in [2.45, 2.75) is 82.9 Å². The molecule has 0 radical (unpaired) electrons. The molecule has 2 fully saturated rings. The summed E-state index contributed by atoms with van der Waals surface area (Å²) in [5, 5.41) is 21.1. The van der Waals surface area contributed by atoms with Crippen LogP contribution in [0.4, 0.5) is 5.69 Å². The highest BCUT2D eigenvalue weighted by atomic mass is 16.7. The number of carbonyl (C=O) groups is 2. The summed E-state index contributed by atoms with van der Waals surface area (Å²) in [7, 11) is 0. The first kappa shape index (κ1) is 28.2. The summed E-state index contributed by atoms with van der Waals surface area (Å²) < 4.78 is 12.9. The minimum Gasteiger partial charge on any atom is -0.481 e. The molecule has 0 aromatic heterocycles. The number of likely N-dealkylation sites (tertiary alicyclic amines) is 1. The summed E-state index contributed by atoms with van der Waals surface area (Å²) in [6.07, 6.45) is 6.23. The summed E-state index contributed by atoms with van der Waals surface area (Å²) >= 11 is 0. The van der Waals surface area contributed by atoms with Crippen molar-refractivity contribution < 1.29 is 29.3 Å². The number of aliphatic carboxylic acids is 1. The Morgan fingerprint density at radius 2 is 1.68 bits per heavy atom. The van der Waals surface area contributed by atoms with Gasteiger partial charge in [0.05, 0.1) is 18.8 Å². The van der Waals surface area contributed by atoms with Crippen molar-refractivity contribution in [2.24, 2.45) is 0 Å². The van der Waals surface area contributed by atoms with Crippen LogP contribution in [0.15, 0.2) is 48.5 Å². The summed E-state index contributed by atoms with van der Waals surface area (Å²) in [6.45, 7) is 3.07. The highest BCUT2D eigenvalue weighted by Crippen LogP contribution is 2.38. The largest absolute Gasteiger partial charge is 0.481 e. The average Bonchev–Trinajstić information content (AvgIpc) is 2.93. The van der Waals surface area contributed by atoms with E-state index in [1.807, 2.05) is 48.5 Å². The minimum absolute atomic E-state index is 0.00989. The third-order valence-corrected chi connectivity index (χ3v) is 7.26. The van der Waals surface area contributed by atoms with E-state index in [1.54, 1.807) is 0 Å². The van der Waals surface area contributed by atoms with Crippen LogP contribution in [0.5, 0.6) is 0 Å². The molecule has 0 aliphatic carbocycles. The first-order valence-electron chi connectivity index (χ1n) is 13.8. The van der Waals surface area contributed by atoms with Crippen molar-refractivity contribution in [3.05, 3.63) is 65.2 Å². The van der Waals surface area contributed by atoms with Gasteiger partial charge in [0, 0.05) is 37.1 Å². The summed E-state index contributed by atoms with van der Waals surface area (Å²) in [5.41, 5.74) is 3.47. The number of piperidine rings is 1. The Kier molecular flexibility index (Phi) is 10.7. The number of aliphatic hydroxyl groups is 1. The zero-order valence-corrected chi connectivity index (χ0v) is 22.0. The molecule has 38 heavy (non-hydrogen) atoms. The van der Waals surface area contributed by atoms with E-state index in [9.17, 15) is 14.7 Å². The average molecular weight is 525 g/mol. The zero-order valence-electron chi connectivity index (χ0n) is 22.0. The molecule has 2 aliphatic rings. The number of anilines is 1. The van der Waals surface area contributed by atoms with Gasteiger partial charge in [0.2, 0.25) is 5.91 Å². The van der Waals surface area contributed by atoms with Crippen LogP contribution in [0.3, 0.4) is 0 Å². The van der Waals surface area contributed by atoms with Crippen molar-refractivity contribution in [3.63, 3.8) is 0 Å². The second-order valence-corrected chi connectivity index (χ2v) is 10.3. The molecule has 0 saturated carbocycles. The van der Waals surface area contributed by atoms with Crippen molar-refractivity contribution in [2.75, 3.05) is 25.0 Å². The Balaban J connectivity index is 1.41. The second-order valence-electron chi connectivity index (χ2n) is 10.3. The molecule has 206 valence electrons. The van der Waals surface area contributed by atoms with Crippen LogP contribution in [0.1, 0.15) is 86.9 Å². The number of rotatable bonds is 12. The maximum Gasteiger partial charge on any atom is 0.303 e. The summed E-state index contributed by atoms with van der Waals surface area (Å²) in [5.74, 6) is -0.895. The molecule has 4 rings (SSSR count). The van der Waals surface area contributed by atoms with Gasteiger partial charge in [0.1, 0.15) is 0 Å². The molecule has 3 N–H and O–H groups in total. The van der Waals surface area contributed by atoms with E-state index in [1.165, 1.54) is 19.3 Å². The number of hydrogen-bond acceptors (Lipinski definition) is 6. The fourth-order valence-corrected chi connectivity index (χ4v) is 5.19. The van der Waals surface area contributed by atoms with Gasteiger partial charge >= 0.3 is 5.97 Å². The van der Waals surface area contributed by atoms with Gasteiger partial charge in [0.25, 0.3) is 0 Å². The maximum atomic E-state index is 12.4. The zero-order chi connectivity index (χ0) is 26.7. The molecule has 8 nitrogen and oxygen atoms in total. The number of hydrogen-bond donors (Lipinski definition) is 3. The Morgan fingerprint density at radius 3 is 2.42 bits per heavy atom. The molecule has 2 aliphatic heterocycles. The van der Waals surface area contributed by atoms with Crippen molar-refractivity contribution >= 4 is 17.6 Å². The summed E-state index contributed by atoms with van der Waals surface area (Å²) in [6, 6.07) is 15.5. The van der Waals surface area contributed by atoms with Gasteiger partial charge in [-0.2, -0.15) is 0 Å². The fourth-order valence-electron chi connectivity index (χ4n) is 5.19. The number of aliphatic hydroxyl groups excluding tert-OH is 1. The smallest absolute Gasteiger partial charge is 0.303 e. The van der Waals surface area contributed by atoms with E-state index in [0.717, 1.165) is 42.7 Å². The number of amides is 1. The van der Waals surface area contributed by atoms with E-state index in [0.29, 0.717) is 31.4 Å². The van der Waals surface area contributed by atoms with Crippen LogP contribution >= 0.6 is 0 Å². The second kappa shape index (κ2) is 14.4. The quantitative estimate of drug-likeness (QED) is 0.328. The number of ether oxygens (including phenoxy) is 2. The van der Waals surface area contributed by atoms with E-state index in [2.05, 4.69) is 10.2 Å². The van der Waals surface area contributed by atoms with Crippen LogP contribution in [0.2, 0.25) is 0 Å². The number of nitrogens with zero attached hydrogens (tertiary/aromatic N) is 1. The predicted molar refractivity (Wildman–Crippen MR) is 145 cm³/mol. The van der Waals surface area contributed by atoms with E-state index in [4.69, 9.17) is 14.6 Å². The molecule has 2 aromatic rings. The van der Waals surface area contributed by atoms with Gasteiger partial charge in [0.15, 0.2) is 6.29 Å². The standard InChI is InChI=1S/C30H40N2O6/c33-21-22-12-14-23(15-13-22)27-19-26(20-32-16-5-2-6-17-32)37-30(38-27)24-8-7-9-25(18-24)31-28(34)10-3-1-4-11-29(35)36/h7-9,12-15,18,26-27,30,33H,1-6,10-11,16-17,19-21H2,(H,31,34)(H,35,36). The molecule has 8 heteroatoms. The Hall–Kier alpha value is -2.78. The van der Waals surface area contributed by atoms with Gasteiger partial charge in [-0.1, -0.05) is 49.2 Å². The lowest BCUT2D eigenvalue weighted by molar-refractivity contribution is -0.253. The molecule has 0 bridgehead atoms. The molecule has 3 atom stereocenters. The Bertz CT molecular complexity index is 1040. The molecule has 2 saturated heterocycles. The lowest BCUT2D eigenvalue weighted by Gasteiger charge is -2.39. The van der Waals surface area contributed by atoms with E-state index >= 15 is 0 Å². The molecular formula is C30H40N2O6. The number of carbonyl (C=O) groups excluding carboxylic acids is 1. The monoisotopic (exact) mass is 524 g/mol. The van der Waals surface area contributed by atoms with Crippen LogP contribution in [-0.2, 0) is 25.7 Å². The third-order valence-electron chi connectivity index (χ3n) is 7.26. The lowest BCUT2D eigenvalue weighted by Crippen LogP contribution is -2.41. The number of nitrogens with one attached hydrogen (secondary N) is 1. The number of benzene rings is 2. The first-order chi connectivity index (χ1) is 18.5. The Labute approximate surface area is 224 Å². The molecule has 3 unspecified atom stereocenters. The van der Waals surface area contributed by atoms with Gasteiger partial charge < -0.3 is 29.9 Å². The lowest BCUT2D eigenvalue weighted by atomic mass is 9.99. The van der Waals surface area contributed by atoms with Crippen LogP contribution in [-0.4, -0.2) is 52.7 Å². The molecule has 2 aromatic carbocycles. The minimum atomic E-state index is -0.805. The fraction of sp³-hybridized carbons (Fsp3) is 0.533. The number of carboxylic acid groups (broad SMARTS) is 1. The van der Waals surface area contributed by atoms with Gasteiger partial charge in [-0.25, -0.2) is 0 Å². The molecular weight excluding hydrogens is 484 g/mol. The molecule has 2 heterocycles. The van der Waals surface area contributed by atoms with Gasteiger partial charge in [-0.3, -0.25) is 9.59 Å². The number of unbranched alkanes of at least 4 members (excludes halogenated alkanes) is 2. The van der Waals surface area contributed by atoms with Crippen LogP contribution in [0.25, 0.3) is 0 Å². The van der Waals surface area contributed by atoms with Crippen molar-refractivity contribution in [1.29, 1.82) is 0 Å². The normalized spacial score (nSPS) is 22.2. The van der Waals surface area contributed by atoms with Crippen molar-refractivity contribution in [3.8, 4) is 0 Å². The highest BCUT2D eigenvalue weighted by molar-refractivity contribution is 5.90. The SMILES string of the molecule is O=C(O)CCCCCC(=O)Nc1cccc(C2OC(CN3CCCCC3)CC(c3ccc(CO)cc3)O2)c1. The van der Waals surface area contributed by atoms with E-state index < -0.39 is 12.3 Å². The predicted octanol–water partition coefficient (Wildman–Crippen LogP) is 5.18. The first-order valence-corrected chi connectivity index (χ1v) is 13.8. The van der Waals surface area contributed by atoms with Crippen molar-refractivity contribution in [1.82, 2.24) is 4.90 Å². The van der Waals surface area contributed by atoms with E-state index in [-0.39, 0.29) is 31.1 Å². The van der Waals surface area contributed by atoms with Gasteiger partial charge in [-0.05, 0) is 62.0 Å². The third kappa shape index (κ3) is 8.63. The number of carboxylic acids is 1. The van der Waals surface area contributed by atoms with Crippen LogP contribution in [0, 0.1) is 0 Å². The highest BCUT2D eigenvalue weighted by Gasteiger charge is 2.33. The van der Waals surface area contributed by atoms with Crippen LogP contribution < -0.4 is 5.32 Å². The van der Waals surface area contributed by atoms with Gasteiger partial charge in [-0.15, -0.1) is 0 Å². The Morgan fingerprint density at radius 1 is 0.921 bits per heavy atom. The topological polar surface area (TPSA) is 108 Å². The molecule has 0 spiro atoms. The molecule has 1 amide bonds. The maximum absolute atomic E-state index is 12.4. The summed E-state index contributed by atoms with van der Waals surface area (Å²) in [4.78, 5) is 25.6.